The second-order valence-corrected chi connectivity index (χ2v) is 4.20. The van der Waals surface area contributed by atoms with E-state index in [1.54, 1.807) is 17.5 Å². The molecular weight excluding hydrogens is 212 g/mol. The number of thiazole rings is 1. The van der Waals surface area contributed by atoms with Crippen molar-refractivity contribution >= 4 is 17.3 Å². The van der Waals surface area contributed by atoms with Gasteiger partial charge in [-0.2, -0.15) is 0 Å². The van der Waals surface area contributed by atoms with Crippen LogP contribution < -0.4 is 0 Å². The van der Waals surface area contributed by atoms with Gasteiger partial charge in [-0.25, -0.2) is 4.98 Å². The normalized spacial score (nSPS) is 10.6. The van der Waals surface area contributed by atoms with Crippen molar-refractivity contribution in [3.8, 4) is 0 Å². The predicted octanol–water partition coefficient (Wildman–Crippen LogP) is 1.53. The van der Waals surface area contributed by atoms with E-state index in [0.717, 1.165) is 11.6 Å². The number of nitrogens with zero attached hydrogens (tertiary/aromatic N) is 2. The van der Waals surface area contributed by atoms with Crippen molar-refractivity contribution in [2.75, 3.05) is 20.2 Å². The van der Waals surface area contributed by atoms with Crippen LogP contribution in [0.1, 0.15) is 18.4 Å². The van der Waals surface area contributed by atoms with E-state index in [0.29, 0.717) is 19.6 Å². The van der Waals surface area contributed by atoms with Gasteiger partial charge >= 0.3 is 5.97 Å². The Balaban J connectivity index is 2.19. The average Bonchev–Trinajstić information content (AvgIpc) is 2.68. The Labute approximate surface area is 93.9 Å². The summed E-state index contributed by atoms with van der Waals surface area (Å²) in [6, 6.07) is 0. The van der Waals surface area contributed by atoms with Crippen molar-refractivity contribution < 1.29 is 9.53 Å². The third-order valence-corrected chi connectivity index (χ3v) is 2.66. The highest BCUT2D eigenvalue weighted by atomic mass is 32.1. The summed E-state index contributed by atoms with van der Waals surface area (Å²) in [7, 11) is 1.97. The monoisotopic (exact) mass is 228 g/mol. The van der Waals surface area contributed by atoms with E-state index in [1.807, 2.05) is 19.4 Å². The van der Waals surface area contributed by atoms with E-state index in [2.05, 4.69) is 9.88 Å². The highest BCUT2D eigenvalue weighted by Gasteiger charge is 2.06. The number of hydrogen-bond donors (Lipinski definition) is 0. The molecule has 0 spiro atoms. The van der Waals surface area contributed by atoms with Gasteiger partial charge in [0.1, 0.15) is 5.01 Å². The van der Waals surface area contributed by atoms with Gasteiger partial charge in [0.15, 0.2) is 0 Å². The standard InChI is InChI=1S/C10H16N2O2S/c1-3-14-10(13)4-6-12(2)8-9-11-5-7-15-9/h5,7H,3-4,6,8H2,1-2H3. The van der Waals surface area contributed by atoms with Crippen LogP contribution >= 0.6 is 11.3 Å². The number of esters is 1. The van der Waals surface area contributed by atoms with Crippen molar-refractivity contribution in [1.29, 1.82) is 0 Å². The van der Waals surface area contributed by atoms with Crippen LogP contribution in [0, 0.1) is 0 Å². The predicted molar refractivity (Wildman–Crippen MR) is 59.7 cm³/mol. The van der Waals surface area contributed by atoms with Crippen LogP contribution in [-0.4, -0.2) is 36.1 Å². The number of ether oxygens (including phenoxy) is 1. The first-order chi connectivity index (χ1) is 7.22. The third-order valence-electron chi connectivity index (χ3n) is 1.89. The molecule has 0 saturated heterocycles. The molecular formula is C10H16N2O2S. The summed E-state index contributed by atoms with van der Waals surface area (Å²) in [5.74, 6) is -0.136. The van der Waals surface area contributed by atoms with Gasteiger partial charge in [-0.3, -0.25) is 9.69 Å². The molecule has 0 unspecified atom stereocenters. The second kappa shape index (κ2) is 6.53. The summed E-state index contributed by atoms with van der Waals surface area (Å²) in [5.41, 5.74) is 0. The first kappa shape index (κ1) is 12.1. The van der Waals surface area contributed by atoms with Gasteiger partial charge < -0.3 is 4.74 Å². The lowest BCUT2D eigenvalue weighted by Crippen LogP contribution is -2.22. The fourth-order valence-electron chi connectivity index (χ4n) is 1.16. The molecule has 0 aliphatic heterocycles. The lowest BCUT2D eigenvalue weighted by atomic mass is 10.4. The Morgan fingerprint density at radius 2 is 2.47 bits per heavy atom. The zero-order chi connectivity index (χ0) is 11.1. The molecule has 5 heteroatoms. The fraction of sp³-hybridized carbons (Fsp3) is 0.600. The van der Waals surface area contributed by atoms with Crippen LogP contribution in [0.5, 0.6) is 0 Å². The molecule has 0 radical (unpaired) electrons. The summed E-state index contributed by atoms with van der Waals surface area (Å²) in [5, 5.41) is 3.02. The summed E-state index contributed by atoms with van der Waals surface area (Å²) < 4.78 is 4.85. The van der Waals surface area contributed by atoms with Crippen LogP contribution in [0.25, 0.3) is 0 Å². The highest BCUT2D eigenvalue weighted by Crippen LogP contribution is 2.06. The minimum Gasteiger partial charge on any atom is -0.466 e. The van der Waals surface area contributed by atoms with Gasteiger partial charge in [0.25, 0.3) is 0 Å². The van der Waals surface area contributed by atoms with Crippen molar-refractivity contribution in [2.24, 2.45) is 0 Å². The molecule has 0 N–H and O–H groups in total. The molecule has 4 nitrogen and oxygen atoms in total. The van der Waals surface area contributed by atoms with E-state index in [1.165, 1.54) is 0 Å². The molecule has 0 saturated carbocycles. The molecule has 1 aromatic rings. The number of rotatable bonds is 6. The van der Waals surface area contributed by atoms with Gasteiger partial charge in [0, 0.05) is 18.1 Å². The lowest BCUT2D eigenvalue weighted by molar-refractivity contribution is -0.143. The fourth-order valence-corrected chi connectivity index (χ4v) is 1.85. The van der Waals surface area contributed by atoms with Crippen molar-refractivity contribution in [1.82, 2.24) is 9.88 Å². The van der Waals surface area contributed by atoms with Crippen LogP contribution in [0.3, 0.4) is 0 Å². The Morgan fingerprint density at radius 3 is 3.07 bits per heavy atom. The molecule has 0 bridgehead atoms. The molecule has 0 fully saturated rings. The maximum atomic E-state index is 11.1. The summed E-state index contributed by atoms with van der Waals surface area (Å²) >= 11 is 1.63. The third kappa shape index (κ3) is 4.90. The van der Waals surface area contributed by atoms with Crippen LogP contribution in [0.4, 0.5) is 0 Å². The van der Waals surface area contributed by atoms with E-state index in [4.69, 9.17) is 4.74 Å². The molecule has 1 heterocycles. The van der Waals surface area contributed by atoms with E-state index >= 15 is 0 Å². The number of carbonyl (C=O) groups is 1. The van der Waals surface area contributed by atoms with Crippen molar-refractivity contribution in [3.63, 3.8) is 0 Å². The first-order valence-electron chi connectivity index (χ1n) is 4.95. The maximum Gasteiger partial charge on any atom is 0.307 e. The zero-order valence-electron chi connectivity index (χ0n) is 9.10. The van der Waals surface area contributed by atoms with Gasteiger partial charge in [0.2, 0.25) is 0 Å². The Hall–Kier alpha value is -0.940. The van der Waals surface area contributed by atoms with E-state index < -0.39 is 0 Å². The van der Waals surface area contributed by atoms with Crippen LogP contribution in [0.15, 0.2) is 11.6 Å². The topological polar surface area (TPSA) is 42.4 Å². The summed E-state index contributed by atoms with van der Waals surface area (Å²) in [6.45, 7) is 3.77. The Morgan fingerprint density at radius 1 is 1.67 bits per heavy atom. The van der Waals surface area contributed by atoms with E-state index in [9.17, 15) is 4.79 Å². The van der Waals surface area contributed by atoms with E-state index in [-0.39, 0.29) is 5.97 Å². The Bertz CT molecular complexity index is 288. The zero-order valence-corrected chi connectivity index (χ0v) is 9.92. The number of hydrogen-bond acceptors (Lipinski definition) is 5. The highest BCUT2D eigenvalue weighted by molar-refractivity contribution is 7.09. The lowest BCUT2D eigenvalue weighted by Gasteiger charge is -2.13. The molecule has 84 valence electrons. The Kier molecular flexibility index (Phi) is 5.28. The van der Waals surface area contributed by atoms with Gasteiger partial charge in [0.05, 0.1) is 19.6 Å². The minimum absolute atomic E-state index is 0.136. The molecule has 0 aliphatic carbocycles. The summed E-state index contributed by atoms with van der Waals surface area (Å²) in [4.78, 5) is 17.3. The molecule has 0 aliphatic rings. The van der Waals surface area contributed by atoms with Crippen LogP contribution in [0.2, 0.25) is 0 Å². The largest absolute Gasteiger partial charge is 0.466 e. The van der Waals surface area contributed by atoms with Crippen molar-refractivity contribution in [3.05, 3.63) is 16.6 Å². The van der Waals surface area contributed by atoms with Gasteiger partial charge in [-0.1, -0.05) is 0 Å². The molecule has 1 aromatic heterocycles. The van der Waals surface area contributed by atoms with Crippen molar-refractivity contribution in [2.45, 2.75) is 19.9 Å². The average molecular weight is 228 g/mol. The number of aromatic nitrogens is 1. The molecule has 0 atom stereocenters. The SMILES string of the molecule is CCOC(=O)CCN(C)Cc1nccs1. The number of carbonyl (C=O) groups excluding carboxylic acids is 1. The van der Waals surface area contributed by atoms with Crippen LogP contribution in [-0.2, 0) is 16.1 Å². The molecule has 15 heavy (non-hydrogen) atoms. The molecule has 1 rings (SSSR count). The van der Waals surface area contributed by atoms with Gasteiger partial charge in [-0.15, -0.1) is 11.3 Å². The maximum absolute atomic E-state index is 11.1. The molecule has 0 aromatic carbocycles. The van der Waals surface area contributed by atoms with Gasteiger partial charge in [-0.05, 0) is 14.0 Å². The second-order valence-electron chi connectivity index (χ2n) is 3.22. The smallest absolute Gasteiger partial charge is 0.307 e. The first-order valence-corrected chi connectivity index (χ1v) is 5.83. The molecule has 0 amide bonds. The minimum atomic E-state index is -0.136. The summed E-state index contributed by atoms with van der Waals surface area (Å²) in [6.07, 6.45) is 2.23. The quantitative estimate of drug-likeness (QED) is 0.692.